The predicted molar refractivity (Wildman–Crippen MR) is 102 cm³/mol. The highest BCUT2D eigenvalue weighted by molar-refractivity contribution is 5.96. The maximum atomic E-state index is 12.1. The Hall–Kier alpha value is -3.22. The summed E-state index contributed by atoms with van der Waals surface area (Å²) in [5.74, 6) is -0.0534. The number of hydrogen-bond acceptors (Lipinski definition) is 4. The van der Waals surface area contributed by atoms with Gasteiger partial charge in [0.15, 0.2) is 5.78 Å². The molecule has 140 valence electrons. The minimum Gasteiger partial charge on any atom is -0.352 e. The molecule has 0 saturated carbocycles. The molecule has 7 heteroatoms. The summed E-state index contributed by atoms with van der Waals surface area (Å²) in [6, 6.07) is 9.74. The highest BCUT2D eigenvalue weighted by Crippen LogP contribution is 2.14. The Bertz CT molecular complexity index is 940. The molecule has 1 amide bonds. The van der Waals surface area contributed by atoms with E-state index in [0.717, 1.165) is 16.9 Å². The summed E-state index contributed by atoms with van der Waals surface area (Å²) >= 11 is 0. The largest absolute Gasteiger partial charge is 0.352 e. The van der Waals surface area contributed by atoms with Crippen LogP contribution in [0.3, 0.4) is 0 Å². The molecule has 1 N–H and O–H groups in total. The second-order valence-electron chi connectivity index (χ2n) is 6.47. The Morgan fingerprint density at radius 3 is 2.48 bits per heavy atom. The number of nitrogens with zero attached hydrogens (tertiary/aromatic N) is 4. The Balaban J connectivity index is 1.52. The van der Waals surface area contributed by atoms with Gasteiger partial charge in [-0.2, -0.15) is 10.2 Å². The Morgan fingerprint density at radius 2 is 1.89 bits per heavy atom. The van der Waals surface area contributed by atoms with Gasteiger partial charge in [0.1, 0.15) is 0 Å². The molecular formula is C20H23N5O2. The molecule has 0 aliphatic carbocycles. The zero-order chi connectivity index (χ0) is 19.4. The van der Waals surface area contributed by atoms with Gasteiger partial charge in [-0.1, -0.05) is 12.1 Å². The lowest BCUT2D eigenvalue weighted by molar-refractivity contribution is -0.121. The normalized spacial score (nSPS) is 10.8. The molecule has 3 rings (SSSR count). The van der Waals surface area contributed by atoms with Gasteiger partial charge in [-0.05, 0) is 44.5 Å². The van der Waals surface area contributed by atoms with Crippen molar-refractivity contribution in [3.05, 3.63) is 65.2 Å². The molecule has 2 aromatic heterocycles. The van der Waals surface area contributed by atoms with Crippen molar-refractivity contribution in [1.29, 1.82) is 0 Å². The van der Waals surface area contributed by atoms with Gasteiger partial charge in [0.2, 0.25) is 5.91 Å². The van der Waals surface area contributed by atoms with Crippen molar-refractivity contribution in [2.45, 2.75) is 40.3 Å². The number of carbonyl (C=O) groups excluding carboxylic acids is 2. The third-order valence-electron chi connectivity index (χ3n) is 4.48. The third kappa shape index (κ3) is 4.31. The summed E-state index contributed by atoms with van der Waals surface area (Å²) in [6.45, 7) is 6.12. The van der Waals surface area contributed by atoms with E-state index >= 15 is 0 Å². The van der Waals surface area contributed by atoms with Crippen LogP contribution in [0.4, 0.5) is 0 Å². The van der Waals surface area contributed by atoms with Crippen LogP contribution >= 0.6 is 0 Å². The van der Waals surface area contributed by atoms with Crippen LogP contribution in [0.15, 0.2) is 42.7 Å². The summed E-state index contributed by atoms with van der Waals surface area (Å²) in [5, 5.41) is 11.5. The van der Waals surface area contributed by atoms with Crippen molar-refractivity contribution in [2.75, 3.05) is 0 Å². The number of ketones is 1. The number of Topliss-reactive ketones (excluding diaryl/α,β-unsaturated/α-hetero) is 1. The molecule has 0 fully saturated rings. The standard InChI is InChI=1S/C20H23N5O2/c1-14-20(16(3)26)15(2)24(23-14)12-9-19(27)21-13-17-5-7-18(8-6-17)25-11-4-10-22-25/h4-8,10-11H,9,12-13H2,1-3H3,(H,21,27). The smallest absolute Gasteiger partial charge is 0.222 e. The van der Waals surface area contributed by atoms with Gasteiger partial charge in [-0.3, -0.25) is 14.3 Å². The average Bonchev–Trinajstić information content (AvgIpc) is 3.27. The van der Waals surface area contributed by atoms with E-state index in [4.69, 9.17) is 0 Å². The lowest BCUT2D eigenvalue weighted by Gasteiger charge is -2.08. The number of benzene rings is 1. The lowest BCUT2D eigenvalue weighted by atomic mass is 10.1. The van der Waals surface area contributed by atoms with E-state index < -0.39 is 0 Å². The number of hydrogen-bond donors (Lipinski definition) is 1. The summed E-state index contributed by atoms with van der Waals surface area (Å²) in [6.07, 6.45) is 3.92. The summed E-state index contributed by atoms with van der Waals surface area (Å²) in [4.78, 5) is 23.8. The second kappa shape index (κ2) is 7.99. The summed E-state index contributed by atoms with van der Waals surface area (Å²) in [5.41, 5.74) is 4.15. The molecule has 0 aliphatic heterocycles. The molecule has 0 atom stereocenters. The molecule has 0 radical (unpaired) electrons. The maximum absolute atomic E-state index is 12.1. The van der Waals surface area contributed by atoms with E-state index in [-0.39, 0.29) is 11.7 Å². The van der Waals surface area contributed by atoms with Crippen molar-refractivity contribution in [3.8, 4) is 5.69 Å². The first-order valence-corrected chi connectivity index (χ1v) is 8.86. The molecule has 0 aliphatic rings. The zero-order valence-electron chi connectivity index (χ0n) is 15.8. The van der Waals surface area contributed by atoms with Gasteiger partial charge in [0, 0.05) is 37.6 Å². The minimum atomic E-state index is -0.0527. The number of rotatable bonds is 7. The SMILES string of the molecule is CC(=O)c1c(C)nn(CCC(=O)NCc2ccc(-n3cccn3)cc2)c1C. The second-order valence-corrected chi connectivity index (χ2v) is 6.47. The fourth-order valence-electron chi connectivity index (χ4n) is 3.11. The fraction of sp³-hybridized carbons (Fsp3) is 0.300. The van der Waals surface area contributed by atoms with E-state index in [1.807, 2.05) is 50.4 Å². The van der Waals surface area contributed by atoms with Gasteiger partial charge >= 0.3 is 0 Å². The van der Waals surface area contributed by atoms with Crippen LogP contribution < -0.4 is 5.32 Å². The first-order valence-electron chi connectivity index (χ1n) is 8.86. The lowest BCUT2D eigenvalue weighted by Crippen LogP contribution is -2.24. The molecule has 3 aromatic rings. The summed E-state index contributed by atoms with van der Waals surface area (Å²) in [7, 11) is 0. The molecule has 0 spiro atoms. The first-order chi connectivity index (χ1) is 13.0. The van der Waals surface area contributed by atoms with E-state index in [1.165, 1.54) is 6.92 Å². The van der Waals surface area contributed by atoms with Gasteiger partial charge < -0.3 is 5.32 Å². The molecule has 0 unspecified atom stereocenters. The highest BCUT2D eigenvalue weighted by atomic mass is 16.1. The molecule has 27 heavy (non-hydrogen) atoms. The molecule has 0 saturated heterocycles. The monoisotopic (exact) mass is 365 g/mol. The number of amides is 1. The van der Waals surface area contributed by atoms with Crippen LogP contribution in [-0.4, -0.2) is 31.3 Å². The van der Waals surface area contributed by atoms with Crippen molar-refractivity contribution in [1.82, 2.24) is 24.9 Å². The maximum Gasteiger partial charge on any atom is 0.222 e. The first kappa shape index (κ1) is 18.6. The van der Waals surface area contributed by atoms with Gasteiger partial charge in [-0.25, -0.2) is 4.68 Å². The van der Waals surface area contributed by atoms with Crippen LogP contribution in [-0.2, 0) is 17.9 Å². The van der Waals surface area contributed by atoms with Crippen molar-refractivity contribution >= 4 is 11.7 Å². The van der Waals surface area contributed by atoms with Crippen LogP contribution in [0.2, 0.25) is 0 Å². The third-order valence-corrected chi connectivity index (χ3v) is 4.48. The van der Waals surface area contributed by atoms with E-state index in [1.54, 1.807) is 15.6 Å². The van der Waals surface area contributed by atoms with Crippen LogP contribution in [0.5, 0.6) is 0 Å². The van der Waals surface area contributed by atoms with Gasteiger partial charge in [0.05, 0.1) is 16.9 Å². The summed E-state index contributed by atoms with van der Waals surface area (Å²) < 4.78 is 3.51. The number of aryl methyl sites for hydroxylation is 2. The predicted octanol–water partition coefficient (Wildman–Crippen LogP) is 2.59. The highest BCUT2D eigenvalue weighted by Gasteiger charge is 2.15. The van der Waals surface area contributed by atoms with Crippen molar-refractivity contribution in [3.63, 3.8) is 0 Å². The number of aromatic nitrogens is 4. The Labute approximate surface area is 158 Å². The minimum absolute atomic E-state index is 0.000685. The molecule has 7 nitrogen and oxygen atoms in total. The molecule has 2 heterocycles. The van der Waals surface area contributed by atoms with Crippen LogP contribution in [0.25, 0.3) is 5.69 Å². The quantitative estimate of drug-likeness (QED) is 0.653. The Kier molecular flexibility index (Phi) is 5.49. The fourth-order valence-corrected chi connectivity index (χ4v) is 3.11. The number of carbonyl (C=O) groups is 2. The van der Waals surface area contributed by atoms with E-state index in [0.29, 0.717) is 30.8 Å². The van der Waals surface area contributed by atoms with E-state index in [9.17, 15) is 9.59 Å². The molecule has 1 aromatic carbocycles. The van der Waals surface area contributed by atoms with Crippen LogP contribution in [0, 0.1) is 13.8 Å². The van der Waals surface area contributed by atoms with Gasteiger partial charge in [0.25, 0.3) is 0 Å². The zero-order valence-corrected chi connectivity index (χ0v) is 15.8. The Morgan fingerprint density at radius 1 is 1.15 bits per heavy atom. The van der Waals surface area contributed by atoms with Crippen molar-refractivity contribution in [2.24, 2.45) is 0 Å². The average molecular weight is 365 g/mol. The number of nitrogens with one attached hydrogen (secondary N) is 1. The van der Waals surface area contributed by atoms with Crippen LogP contribution in [0.1, 0.15) is 40.7 Å². The van der Waals surface area contributed by atoms with Crippen molar-refractivity contribution < 1.29 is 9.59 Å². The molecular weight excluding hydrogens is 342 g/mol. The topological polar surface area (TPSA) is 81.8 Å². The van der Waals surface area contributed by atoms with E-state index in [2.05, 4.69) is 15.5 Å². The van der Waals surface area contributed by atoms with Gasteiger partial charge in [-0.15, -0.1) is 0 Å². The molecule has 0 bridgehead atoms.